The normalized spacial score (nSPS) is 30.9. The summed E-state index contributed by atoms with van der Waals surface area (Å²) in [7, 11) is 3.47. The molecule has 1 aliphatic heterocycles. The molecule has 1 saturated heterocycles. The van der Waals surface area contributed by atoms with Crippen LogP contribution in [0.3, 0.4) is 0 Å². The second-order valence-electron chi connectivity index (χ2n) is 4.55. The van der Waals surface area contributed by atoms with Gasteiger partial charge in [-0.05, 0) is 0 Å². The predicted octanol–water partition coefficient (Wildman–Crippen LogP) is 0.690. The average Bonchev–Trinajstić information content (AvgIpc) is 2.67. The number of aliphatic hydroxyl groups excluding tert-OH is 1. The van der Waals surface area contributed by atoms with Crippen molar-refractivity contribution in [2.75, 3.05) is 19.8 Å². The summed E-state index contributed by atoms with van der Waals surface area (Å²) < 4.78 is 27.4. The van der Waals surface area contributed by atoms with Crippen molar-refractivity contribution in [2.24, 2.45) is 5.92 Å². The van der Waals surface area contributed by atoms with Crippen LogP contribution < -0.4 is 0 Å². The quantitative estimate of drug-likeness (QED) is 0.322. The fourth-order valence-electron chi connectivity index (χ4n) is 2.13. The molecule has 102 valence electrons. The van der Waals surface area contributed by atoms with Crippen LogP contribution in [0.25, 0.3) is 4.85 Å². The largest absolute Gasteiger partial charge is 0.698 e. The summed E-state index contributed by atoms with van der Waals surface area (Å²) in [6.45, 7) is 10.0. The highest BCUT2D eigenvalue weighted by molar-refractivity contribution is 7.33. The molecule has 2 radical (unpaired) electrons. The van der Waals surface area contributed by atoms with Crippen LogP contribution in [-0.2, 0) is 18.3 Å². The number of hydrogen-bond donors (Lipinski definition) is 1. The molecule has 1 heterocycles. The summed E-state index contributed by atoms with van der Waals surface area (Å²) in [6, 6.07) is -0.256. The minimum atomic E-state index is -2.33. The van der Waals surface area contributed by atoms with E-state index >= 15 is 0 Å². The van der Waals surface area contributed by atoms with Crippen LogP contribution in [0.5, 0.6) is 0 Å². The van der Waals surface area contributed by atoms with Gasteiger partial charge in [-0.1, -0.05) is 13.7 Å². The number of aliphatic hydroxyl groups is 1. The SMILES string of the molecule is [B]B(C)[C@@H]1O[C@H](CO)C(O[P+](=O)OCC[N+]#[C-])[C@@H]1C. The van der Waals surface area contributed by atoms with Gasteiger partial charge in [-0.3, -0.25) is 0 Å². The highest BCUT2D eigenvalue weighted by atomic mass is 31.1. The molecule has 6 nitrogen and oxygen atoms in total. The number of hydrogen-bond acceptors (Lipinski definition) is 5. The van der Waals surface area contributed by atoms with Crippen LogP contribution in [0.2, 0.25) is 6.82 Å². The summed E-state index contributed by atoms with van der Waals surface area (Å²) in [5.41, 5.74) is 0. The van der Waals surface area contributed by atoms with E-state index in [2.05, 4.69) is 4.85 Å². The van der Waals surface area contributed by atoms with E-state index in [1.165, 1.54) is 0 Å². The minimum absolute atomic E-state index is 0.0567. The topological polar surface area (TPSA) is 69.3 Å². The Morgan fingerprint density at radius 3 is 2.84 bits per heavy atom. The fourth-order valence-corrected chi connectivity index (χ4v) is 2.95. The molecular weight excluding hydrogens is 267 g/mol. The summed E-state index contributed by atoms with van der Waals surface area (Å²) in [4.78, 5) is 3.08. The molecule has 0 aromatic carbocycles. The van der Waals surface area contributed by atoms with Crippen LogP contribution in [0.15, 0.2) is 0 Å². The van der Waals surface area contributed by atoms with Gasteiger partial charge in [0.25, 0.3) is 0 Å². The summed E-state index contributed by atoms with van der Waals surface area (Å²) >= 11 is 0. The second-order valence-corrected chi connectivity index (χ2v) is 5.46. The standard InChI is InChI=1S/C10H17B2NO5P/c1-7-9(18-19(15)16-5-4-13-3)8(6-14)17-10(7)12(2)11/h7-10,14H,4-6H2,1-2H3/q+1/t7-,8+,9?,10+/m0/s1. The highest BCUT2D eigenvalue weighted by Gasteiger charge is 2.48. The van der Waals surface area contributed by atoms with E-state index < -0.39 is 20.5 Å². The molecule has 0 aromatic rings. The molecule has 0 saturated carbocycles. The second kappa shape index (κ2) is 7.98. The lowest BCUT2D eigenvalue weighted by molar-refractivity contribution is 0.000394. The van der Waals surface area contributed by atoms with Gasteiger partial charge in [0, 0.05) is 24.2 Å². The van der Waals surface area contributed by atoms with Crippen LogP contribution >= 0.6 is 8.25 Å². The first kappa shape index (κ1) is 16.6. The zero-order valence-corrected chi connectivity index (χ0v) is 12.0. The molecule has 0 aliphatic carbocycles. The first-order valence-corrected chi connectivity index (χ1v) is 7.22. The Morgan fingerprint density at radius 1 is 1.63 bits per heavy atom. The maximum Gasteiger partial charge on any atom is 0.698 e. The van der Waals surface area contributed by atoms with Gasteiger partial charge in [0.05, 0.1) is 6.61 Å². The third kappa shape index (κ3) is 4.55. The number of ether oxygens (including phenoxy) is 1. The lowest BCUT2D eigenvalue weighted by Gasteiger charge is -2.17. The number of nitrogens with zero attached hydrogens (tertiary/aromatic N) is 1. The smallest absolute Gasteiger partial charge is 0.394 e. The zero-order chi connectivity index (χ0) is 14.4. The molecular formula is C10H17B2NO5P+. The molecule has 0 bridgehead atoms. The van der Waals surface area contributed by atoms with Gasteiger partial charge in [-0.15, -0.1) is 9.05 Å². The van der Waals surface area contributed by atoms with Crippen LogP contribution in [0, 0.1) is 12.5 Å². The van der Waals surface area contributed by atoms with Crippen molar-refractivity contribution < 1.29 is 23.5 Å². The summed E-state index contributed by atoms with van der Waals surface area (Å²) in [5, 5.41) is 9.26. The van der Waals surface area contributed by atoms with Crippen molar-refractivity contribution in [3.05, 3.63) is 11.4 Å². The lowest BCUT2D eigenvalue weighted by Crippen LogP contribution is -2.34. The van der Waals surface area contributed by atoms with Gasteiger partial charge in [-0.25, -0.2) is 6.57 Å². The van der Waals surface area contributed by atoms with Crippen molar-refractivity contribution in [3.8, 4) is 0 Å². The van der Waals surface area contributed by atoms with Gasteiger partial charge in [0.15, 0.2) is 6.61 Å². The van der Waals surface area contributed by atoms with Crippen LogP contribution in [0.4, 0.5) is 0 Å². The monoisotopic (exact) mass is 284 g/mol. The third-order valence-corrected chi connectivity index (χ3v) is 3.85. The first-order valence-electron chi connectivity index (χ1n) is 6.13. The molecule has 2 unspecified atom stereocenters. The Balaban J connectivity index is 2.55. The van der Waals surface area contributed by atoms with Crippen molar-refractivity contribution >= 4 is 22.6 Å². The zero-order valence-electron chi connectivity index (χ0n) is 11.1. The van der Waals surface area contributed by atoms with E-state index in [-0.39, 0.29) is 38.3 Å². The molecule has 19 heavy (non-hydrogen) atoms. The summed E-state index contributed by atoms with van der Waals surface area (Å²) in [6.07, 6.45) is -1.09. The first-order chi connectivity index (χ1) is 9.01. The van der Waals surface area contributed by atoms with Crippen molar-refractivity contribution in [1.29, 1.82) is 0 Å². The fraction of sp³-hybridized carbons (Fsp3) is 0.900. The molecule has 0 spiro atoms. The Bertz CT molecular complexity index is 351. The number of rotatable bonds is 7. The molecule has 1 N–H and O–H groups in total. The van der Waals surface area contributed by atoms with Gasteiger partial charge in [-0.2, -0.15) is 0 Å². The Morgan fingerprint density at radius 2 is 2.32 bits per heavy atom. The molecule has 1 rings (SSSR count). The van der Waals surface area contributed by atoms with E-state index in [4.69, 9.17) is 28.1 Å². The lowest BCUT2D eigenvalue weighted by atomic mass is 9.30. The molecule has 0 amide bonds. The maximum absolute atomic E-state index is 11.6. The molecule has 1 fully saturated rings. The molecule has 9 heteroatoms. The van der Waals surface area contributed by atoms with Gasteiger partial charge in [0.2, 0.25) is 6.54 Å². The van der Waals surface area contributed by atoms with Crippen molar-refractivity contribution in [1.82, 2.24) is 0 Å². The van der Waals surface area contributed by atoms with E-state index in [1.54, 1.807) is 0 Å². The van der Waals surface area contributed by atoms with Crippen LogP contribution in [0.1, 0.15) is 6.92 Å². The molecule has 5 atom stereocenters. The van der Waals surface area contributed by atoms with Crippen molar-refractivity contribution in [2.45, 2.75) is 32.0 Å². The Kier molecular flexibility index (Phi) is 6.98. The highest BCUT2D eigenvalue weighted by Crippen LogP contribution is 2.37. The van der Waals surface area contributed by atoms with E-state index in [9.17, 15) is 9.67 Å². The van der Waals surface area contributed by atoms with Gasteiger partial charge >= 0.3 is 8.25 Å². The third-order valence-electron chi connectivity index (χ3n) is 3.04. The summed E-state index contributed by atoms with van der Waals surface area (Å²) in [5.74, 6) is -0.0967. The van der Waals surface area contributed by atoms with Crippen LogP contribution in [-0.4, -0.2) is 57.4 Å². The molecule has 1 aliphatic rings. The van der Waals surface area contributed by atoms with Gasteiger partial charge in [0.1, 0.15) is 18.8 Å². The van der Waals surface area contributed by atoms with E-state index in [1.807, 2.05) is 13.7 Å². The Labute approximate surface area is 116 Å². The Hall–Kier alpha value is -0.440. The average molecular weight is 284 g/mol. The molecule has 0 aromatic heterocycles. The van der Waals surface area contributed by atoms with Crippen molar-refractivity contribution in [3.63, 3.8) is 0 Å². The van der Waals surface area contributed by atoms with Gasteiger partial charge < -0.3 is 14.7 Å². The predicted molar refractivity (Wildman–Crippen MR) is 72.2 cm³/mol. The maximum atomic E-state index is 11.6. The minimum Gasteiger partial charge on any atom is -0.394 e. The van der Waals surface area contributed by atoms with E-state index in [0.717, 1.165) is 0 Å². The van der Waals surface area contributed by atoms with E-state index in [0.29, 0.717) is 0 Å².